The molecule has 0 heterocycles. The van der Waals surface area contributed by atoms with Gasteiger partial charge in [-0.15, -0.1) is 0 Å². The molecule has 0 aromatic heterocycles. The first kappa shape index (κ1) is 17.4. The molecule has 132 valence electrons. The van der Waals surface area contributed by atoms with Crippen LogP contribution in [-0.2, 0) is 14.3 Å². The number of aldehydes is 1. The zero-order valence-electron chi connectivity index (χ0n) is 15.3. The van der Waals surface area contributed by atoms with Gasteiger partial charge in [-0.1, -0.05) is 25.5 Å². The van der Waals surface area contributed by atoms with E-state index in [1.54, 1.807) is 5.57 Å². The minimum Gasteiger partial charge on any atom is -0.462 e. The third kappa shape index (κ3) is 2.87. The third-order valence-corrected chi connectivity index (χ3v) is 6.75. The van der Waals surface area contributed by atoms with Crippen molar-refractivity contribution in [3.63, 3.8) is 0 Å². The van der Waals surface area contributed by atoms with E-state index < -0.39 is 0 Å². The van der Waals surface area contributed by atoms with Gasteiger partial charge >= 0.3 is 5.97 Å². The molecule has 0 aromatic carbocycles. The van der Waals surface area contributed by atoms with Gasteiger partial charge in [-0.2, -0.15) is 0 Å². The summed E-state index contributed by atoms with van der Waals surface area (Å²) in [6.45, 7) is 6.07. The van der Waals surface area contributed by atoms with Crippen LogP contribution < -0.4 is 0 Å². The molecule has 0 aliphatic heterocycles. The first-order valence-corrected chi connectivity index (χ1v) is 9.53. The number of fused-ring (bicyclic) bond motifs is 3. The molecule has 0 aromatic rings. The van der Waals surface area contributed by atoms with Crippen molar-refractivity contribution >= 4 is 12.3 Å². The maximum absolute atomic E-state index is 11.5. The molecule has 3 aliphatic rings. The molecule has 0 saturated heterocycles. The summed E-state index contributed by atoms with van der Waals surface area (Å²) >= 11 is 0. The van der Waals surface area contributed by atoms with Crippen LogP contribution in [0.4, 0.5) is 0 Å². The Morgan fingerprint density at radius 2 is 2.17 bits per heavy atom. The molecular weight excluding hydrogens is 300 g/mol. The lowest BCUT2D eigenvalue weighted by Gasteiger charge is -2.46. The number of carbonyl (C=O) groups excluding carboxylic acids is 2. The van der Waals surface area contributed by atoms with Crippen molar-refractivity contribution < 1.29 is 14.3 Å². The fraction of sp³-hybridized carbons (Fsp3) is 0.714. The smallest absolute Gasteiger partial charge is 0.302 e. The Labute approximate surface area is 145 Å². The molecule has 1 saturated carbocycles. The predicted molar refractivity (Wildman–Crippen MR) is 94.4 cm³/mol. The predicted octanol–water partition coefficient (Wildman–Crippen LogP) is 4.76. The van der Waals surface area contributed by atoms with Crippen molar-refractivity contribution in [3.8, 4) is 0 Å². The van der Waals surface area contributed by atoms with E-state index in [9.17, 15) is 9.59 Å². The zero-order chi connectivity index (χ0) is 17.3. The number of esters is 1. The molecule has 3 aliphatic carbocycles. The highest BCUT2D eigenvalue weighted by Gasteiger charge is 2.53. The number of hydrogen-bond donors (Lipinski definition) is 0. The Balaban J connectivity index is 1.90. The standard InChI is InChI=1S/C21H30O3/c1-4-15-7-8-18-17(16(15)6-5-13-22)11-12-21(3)19(18)9-10-20(21)24-14(2)23/h11,13,18-20H,4-10,12H2,1-3H3. The molecule has 0 bridgehead atoms. The number of allylic oxidation sites excluding steroid dienone is 4. The number of carbonyl (C=O) groups is 2. The van der Waals surface area contributed by atoms with Crippen molar-refractivity contribution in [1.29, 1.82) is 0 Å². The lowest BCUT2D eigenvalue weighted by Crippen LogP contribution is -2.42. The molecule has 3 heteroatoms. The lowest BCUT2D eigenvalue weighted by atomic mass is 9.59. The Morgan fingerprint density at radius 3 is 2.83 bits per heavy atom. The van der Waals surface area contributed by atoms with Gasteiger partial charge in [-0.05, 0) is 67.9 Å². The maximum atomic E-state index is 11.5. The summed E-state index contributed by atoms with van der Waals surface area (Å²) in [5.41, 5.74) is 4.63. The van der Waals surface area contributed by atoms with Crippen LogP contribution in [0.1, 0.15) is 72.1 Å². The molecule has 0 spiro atoms. The number of hydrogen-bond acceptors (Lipinski definition) is 3. The molecule has 24 heavy (non-hydrogen) atoms. The van der Waals surface area contributed by atoms with Crippen molar-refractivity contribution in [2.45, 2.75) is 78.2 Å². The monoisotopic (exact) mass is 330 g/mol. The van der Waals surface area contributed by atoms with E-state index in [4.69, 9.17) is 4.74 Å². The van der Waals surface area contributed by atoms with Gasteiger partial charge in [0.2, 0.25) is 0 Å². The van der Waals surface area contributed by atoms with Crippen LogP contribution in [0.15, 0.2) is 22.8 Å². The summed E-state index contributed by atoms with van der Waals surface area (Å²) in [5.74, 6) is 1.04. The van der Waals surface area contributed by atoms with Crippen LogP contribution in [0.25, 0.3) is 0 Å². The summed E-state index contributed by atoms with van der Waals surface area (Å²) < 4.78 is 5.67. The summed E-state index contributed by atoms with van der Waals surface area (Å²) in [7, 11) is 0. The SMILES string of the molecule is CCC1=C(CCC=O)C2=CCC3(C)C(OC(C)=O)CCC3C2CC1. The summed E-state index contributed by atoms with van der Waals surface area (Å²) in [4.78, 5) is 22.4. The van der Waals surface area contributed by atoms with E-state index in [2.05, 4.69) is 19.9 Å². The van der Waals surface area contributed by atoms with Crippen molar-refractivity contribution in [2.24, 2.45) is 17.3 Å². The quantitative estimate of drug-likeness (QED) is 0.539. The Hall–Kier alpha value is -1.38. The van der Waals surface area contributed by atoms with Crippen molar-refractivity contribution in [1.82, 2.24) is 0 Å². The molecule has 1 fully saturated rings. The van der Waals surface area contributed by atoms with E-state index in [1.807, 2.05) is 0 Å². The molecule has 3 rings (SSSR count). The highest BCUT2D eigenvalue weighted by Crippen LogP contribution is 2.59. The van der Waals surface area contributed by atoms with E-state index in [1.165, 1.54) is 24.5 Å². The van der Waals surface area contributed by atoms with Gasteiger partial charge in [0.1, 0.15) is 12.4 Å². The Kier molecular flexibility index (Phi) is 4.98. The molecule has 0 amide bonds. The normalized spacial score (nSPS) is 35.1. The maximum Gasteiger partial charge on any atom is 0.302 e. The molecule has 0 radical (unpaired) electrons. The fourth-order valence-corrected chi connectivity index (χ4v) is 5.57. The van der Waals surface area contributed by atoms with Gasteiger partial charge in [-0.25, -0.2) is 0 Å². The fourth-order valence-electron chi connectivity index (χ4n) is 5.57. The third-order valence-electron chi connectivity index (χ3n) is 6.75. The number of rotatable bonds is 5. The highest BCUT2D eigenvalue weighted by atomic mass is 16.5. The Morgan fingerprint density at radius 1 is 1.38 bits per heavy atom. The van der Waals surface area contributed by atoms with Crippen LogP contribution in [-0.4, -0.2) is 18.4 Å². The van der Waals surface area contributed by atoms with Crippen LogP contribution in [0.5, 0.6) is 0 Å². The van der Waals surface area contributed by atoms with E-state index in [-0.39, 0.29) is 17.5 Å². The van der Waals surface area contributed by atoms with Gasteiger partial charge in [0.25, 0.3) is 0 Å². The summed E-state index contributed by atoms with van der Waals surface area (Å²) in [6, 6.07) is 0. The Bertz CT molecular complexity index is 586. The highest BCUT2D eigenvalue weighted by molar-refractivity contribution is 5.66. The van der Waals surface area contributed by atoms with E-state index in [0.29, 0.717) is 18.3 Å². The second-order valence-electron chi connectivity index (χ2n) is 7.94. The molecular formula is C21H30O3. The minimum atomic E-state index is -0.153. The average molecular weight is 330 g/mol. The van der Waals surface area contributed by atoms with E-state index in [0.717, 1.165) is 44.8 Å². The van der Waals surface area contributed by atoms with Crippen LogP contribution in [0.3, 0.4) is 0 Å². The largest absolute Gasteiger partial charge is 0.462 e. The topological polar surface area (TPSA) is 43.4 Å². The van der Waals surface area contributed by atoms with Crippen LogP contribution in [0, 0.1) is 17.3 Å². The molecule has 4 unspecified atom stereocenters. The van der Waals surface area contributed by atoms with Gasteiger partial charge in [-0.3, -0.25) is 4.79 Å². The summed E-state index contributed by atoms with van der Waals surface area (Å²) in [6.07, 6.45) is 11.6. The molecule has 4 atom stereocenters. The second kappa shape index (κ2) is 6.85. The summed E-state index contributed by atoms with van der Waals surface area (Å²) in [5, 5.41) is 0. The first-order valence-electron chi connectivity index (χ1n) is 9.53. The average Bonchev–Trinajstić information content (AvgIpc) is 2.88. The van der Waals surface area contributed by atoms with Crippen molar-refractivity contribution in [2.75, 3.05) is 0 Å². The van der Waals surface area contributed by atoms with Gasteiger partial charge in [0.15, 0.2) is 0 Å². The van der Waals surface area contributed by atoms with Gasteiger partial charge in [0.05, 0.1) is 0 Å². The van der Waals surface area contributed by atoms with Gasteiger partial charge in [0, 0.05) is 18.8 Å². The van der Waals surface area contributed by atoms with Gasteiger partial charge < -0.3 is 9.53 Å². The van der Waals surface area contributed by atoms with E-state index >= 15 is 0 Å². The number of ether oxygens (including phenoxy) is 1. The second-order valence-corrected chi connectivity index (χ2v) is 7.94. The van der Waals surface area contributed by atoms with Crippen molar-refractivity contribution in [3.05, 3.63) is 22.8 Å². The zero-order valence-corrected chi connectivity index (χ0v) is 15.3. The molecule has 3 nitrogen and oxygen atoms in total. The minimum absolute atomic E-state index is 0.0628. The van der Waals surface area contributed by atoms with Crippen LogP contribution >= 0.6 is 0 Å². The molecule has 0 N–H and O–H groups in total. The van der Waals surface area contributed by atoms with Crippen LogP contribution in [0.2, 0.25) is 0 Å². The first-order chi connectivity index (χ1) is 11.5. The lowest BCUT2D eigenvalue weighted by molar-refractivity contribution is -0.152.